The van der Waals surface area contributed by atoms with E-state index in [-0.39, 0.29) is 24.3 Å². The molecule has 0 saturated carbocycles. The van der Waals surface area contributed by atoms with Gasteiger partial charge in [-0.15, -0.1) is 11.8 Å². The van der Waals surface area contributed by atoms with Gasteiger partial charge in [0.25, 0.3) is 0 Å². The van der Waals surface area contributed by atoms with Crippen molar-refractivity contribution in [2.45, 2.75) is 30.2 Å². The highest BCUT2D eigenvalue weighted by Crippen LogP contribution is 2.35. The van der Waals surface area contributed by atoms with Crippen LogP contribution in [0.1, 0.15) is 30.9 Å². The fourth-order valence-corrected chi connectivity index (χ4v) is 5.28. The number of anilines is 1. The van der Waals surface area contributed by atoms with Gasteiger partial charge in [-0.2, -0.15) is 0 Å². The maximum absolute atomic E-state index is 12.7. The van der Waals surface area contributed by atoms with Gasteiger partial charge in [0, 0.05) is 30.0 Å². The fourth-order valence-electron chi connectivity index (χ4n) is 4.34. The molecule has 2 aromatic carbocycles. The Kier molecular flexibility index (Phi) is 7.14. The number of hydrogen-bond donors (Lipinski definition) is 1. The summed E-state index contributed by atoms with van der Waals surface area (Å²) in [6, 6.07) is 16.0. The highest BCUT2D eigenvalue weighted by Gasteiger charge is 2.27. The molecule has 6 nitrogen and oxygen atoms in total. The lowest BCUT2D eigenvalue weighted by Gasteiger charge is -2.30. The van der Waals surface area contributed by atoms with Crippen LogP contribution in [0.5, 0.6) is 5.75 Å². The second-order valence-corrected chi connectivity index (χ2v) is 8.87. The Hall–Kier alpha value is -2.51. The summed E-state index contributed by atoms with van der Waals surface area (Å²) in [6.07, 6.45) is 2.63. The molecule has 0 bridgehead atoms. The van der Waals surface area contributed by atoms with Crippen molar-refractivity contribution >= 4 is 29.3 Å². The van der Waals surface area contributed by atoms with Crippen molar-refractivity contribution in [1.29, 1.82) is 0 Å². The summed E-state index contributed by atoms with van der Waals surface area (Å²) >= 11 is 1.56. The third-order valence-corrected chi connectivity index (χ3v) is 6.99. The predicted octanol–water partition coefficient (Wildman–Crippen LogP) is 3.48. The molecule has 0 radical (unpaired) electrons. The zero-order chi connectivity index (χ0) is 21.6. The van der Waals surface area contributed by atoms with E-state index < -0.39 is 0 Å². The second kappa shape index (κ2) is 10.2. The quantitative estimate of drug-likeness (QED) is 0.682. The maximum Gasteiger partial charge on any atom is 0.237 e. The molecule has 1 saturated heterocycles. The standard InChI is InChI=1S/C24H29N3O3S/c1-30-21-10-4-2-8-18(21)20(26-13-6-7-14-26)16-25-23(28)12-15-27-19-9-3-5-11-22(19)31-17-24(27)29/h2-5,8-11,20H,6-7,12-17H2,1H3,(H,25,28)/t20-/m0/s1. The smallest absolute Gasteiger partial charge is 0.237 e. The Morgan fingerprint density at radius 3 is 2.68 bits per heavy atom. The van der Waals surface area contributed by atoms with Crippen molar-refractivity contribution in [2.24, 2.45) is 0 Å². The number of methoxy groups -OCH3 is 1. The second-order valence-electron chi connectivity index (χ2n) is 7.86. The number of nitrogens with one attached hydrogen (secondary N) is 1. The van der Waals surface area contributed by atoms with Gasteiger partial charge in [0.15, 0.2) is 0 Å². The Morgan fingerprint density at radius 1 is 1.13 bits per heavy atom. The molecule has 4 rings (SSSR count). The maximum atomic E-state index is 12.7. The van der Waals surface area contributed by atoms with E-state index in [1.807, 2.05) is 42.5 Å². The van der Waals surface area contributed by atoms with Crippen LogP contribution in [0.25, 0.3) is 0 Å². The fraction of sp³-hybridized carbons (Fsp3) is 0.417. The van der Waals surface area contributed by atoms with E-state index in [1.54, 1.807) is 23.8 Å². The lowest BCUT2D eigenvalue weighted by atomic mass is 10.0. The molecule has 2 aromatic rings. The molecule has 2 aliphatic heterocycles. The molecular formula is C24H29N3O3S. The topological polar surface area (TPSA) is 61.9 Å². The third kappa shape index (κ3) is 5.05. The molecular weight excluding hydrogens is 410 g/mol. The molecule has 1 N–H and O–H groups in total. The van der Waals surface area contributed by atoms with Crippen LogP contribution in [-0.4, -0.2) is 55.8 Å². The summed E-state index contributed by atoms with van der Waals surface area (Å²) in [5.74, 6) is 1.29. The number of benzene rings is 2. The first kappa shape index (κ1) is 21.7. The lowest BCUT2D eigenvalue weighted by molar-refractivity contribution is -0.121. The molecule has 2 amide bonds. The molecule has 31 heavy (non-hydrogen) atoms. The number of thioether (sulfide) groups is 1. The third-order valence-electron chi connectivity index (χ3n) is 5.94. The summed E-state index contributed by atoms with van der Waals surface area (Å²) in [7, 11) is 1.68. The zero-order valence-corrected chi connectivity index (χ0v) is 18.7. The van der Waals surface area contributed by atoms with E-state index in [9.17, 15) is 9.59 Å². The van der Waals surface area contributed by atoms with Gasteiger partial charge in [0.1, 0.15) is 5.75 Å². The van der Waals surface area contributed by atoms with Crippen molar-refractivity contribution in [1.82, 2.24) is 10.2 Å². The van der Waals surface area contributed by atoms with Crippen molar-refractivity contribution < 1.29 is 14.3 Å². The van der Waals surface area contributed by atoms with E-state index >= 15 is 0 Å². The Bertz CT molecular complexity index is 930. The Labute approximate surface area is 187 Å². The van der Waals surface area contributed by atoms with E-state index in [0.29, 0.717) is 18.8 Å². The largest absolute Gasteiger partial charge is 0.496 e. The Balaban J connectivity index is 1.39. The molecule has 0 spiro atoms. The number of amides is 2. The highest BCUT2D eigenvalue weighted by atomic mass is 32.2. The summed E-state index contributed by atoms with van der Waals surface area (Å²) in [5, 5.41) is 3.11. The van der Waals surface area contributed by atoms with Crippen molar-refractivity contribution in [3.8, 4) is 5.75 Å². The molecule has 164 valence electrons. The number of rotatable bonds is 8. The van der Waals surface area contributed by atoms with Gasteiger partial charge < -0.3 is 15.0 Å². The van der Waals surface area contributed by atoms with Crippen molar-refractivity contribution in [3.63, 3.8) is 0 Å². The molecule has 2 aliphatic rings. The van der Waals surface area contributed by atoms with Crippen LogP contribution >= 0.6 is 11.8 Å². The average Bonchev–Trinajstić information content (AvgIpc) is 3.33. The van der Waals surface area contributed by atoms with Gasteiger partial charge >= 0.3 is 0 Å². The van der Waals surface area contributed by atoms with Crippen LogP contribution in [0, 0.1) is 0 Å². The van der Waals surface area contributed by atoms with Crippen molar-refractivity contribution in [3.05, 3.63) is 54.1 Å². The minimum atomic E-state index is -0.0393. The first-order chi connectivity index (χ1) is 15.2. The number of nitrogens with zero attached hydrogens (tertiary/aromatic N) is 2. The molecule has 7 heteroatoms. The molecule has 0 unspecified atom stereocenters. The van der Waals surface area contributed by atoms with Crippen LogP contribution < -0.4 is 15.0 Å². The van der Waals surface area contributed by atoms with Crippen LogP contribution in [0.3, 0.4) is 0 Å². The molecule has 2 heterocycles. The molecule has 1 fully saturated rings. The Morgan fingerprint density at radius 2 is 1.87 bits per heavy atom. The summed E-state index contributed by atoms with van der Waals surface area (Å²) in [4.78, 5) is 30.4. The first-order valence-corrected chi connectivity index (χ1v) is 11.8. The van der Waals surface area contributed by atoms with E-state index in [2.05, 4.69) is 16.3 Å². The minimum absolute atomic E-state index is 0.0393. The summed E-state index contributed by atoms with van der Waals surface area (Å²) in [5.41, 5.74) is 2.00. The normalized spacial score (nSPS) is 17.3. The van der Waals surface area contributed by atoms with Gasteiger partial charge in [0.05, 0.1) is 24.6 Å². The lowest BCUT2D eigenvalue weighted by Crippen LogP contribution is -2.40. The summed E-state index contributed by atoms with van der Waals surface area (Å²) in [6.45, 7) is 2.97. The van der Waals surface area contributed by atoms with Gasteiger partial charge in [-0.1, -0.05) is 30.3 Å². The number of likely N-dealkylation sites (tertiary alicyclic amines) is 1. The number of carbonyl (C=O) groups excluding carboxylic acids is 2. The van der Waals surface area contributed by atoms with Crippen molar-refractivity contribution in [2.75, 3.05) is 43.9 Å². The number of para-hydroxylation sites is 2. The van der Waals surface area contributed by atoms with E-state index in [1.165, 1.54) is 12.8 Å². The minimum Gasteiger partial charge on any atom is -0.496 e. The van der Waals surface area contributed by atoms with Gasteiger partial charge in [-0.25, -0.2) is 0 Å². The summed E-state index contributed by atoms with van der Waals surface area (Å²) < 4.78 is 5.58. The highest BCUT2D eigenvalue weighted by molar-refractivity contribution is 8.00. The molecule has 0 aliphatic carbocycles. The SMILES string of the molecule is COc1ccccc1[C@H](CNC(=O)CCN1C(=O)CSc2ccccc21)N1CCCC1. The van der Waals surface area contributed by atoms with Crippen LogP contribution in [0.15, 0.2) is 53.4 Å². The number of fused-ring (bicyclic) bond motifs is 1. The molecule has 0 aromatic heterocycles. The zero-order valence-electron chi connectivity index (χ0n) is 17.9. The van der Waals surface area contributed by atoms with Gasteiger partial charge in [0.2, 0.25) is 11.8 Å². The first-order valence-electron chi connectivity index (χ1n) is 10.8. The molecule has 1 atom stereocenters. The number of carbonyl (C=O) groups is 2. The monoisotopic (exact) mass is 439 g/mol. The number of hydrogen-bond acceptors (Lipinski definition) is 5. The van der Waals surface area contributed by atoms with E-state index in [4.69, 9.17) is 4.74 Å². The number of ether oxygens (including phenoxy) is 1. The van der Waals surface area contributed by atoms with Gasteiger partial charge in [-0.3, -0.25) is 14.5 Å². The average molecular weight is 440 g/mol. The van der Waals surface area contributed by atoms with Crippen LogP contribution in [0.4, 0.5) is 5.69 Å². The predicted molar refractivity (Wildman–Crippen MR) is 124 cm³/mol. The van der Waals surface area contributed by atoms with Crippen LogP contribution in [0.2, 0.25) is 0 Å². The van der Waals surface area contributed by atoms with Crippen LogP contribution in [-0.2, 0) is 9.59 Å². The van der Waals surface area contributed by atoms with E-state index in [0.717, 1.165) is 35.0 Å². The van der Waals surface area contributed by atoms with Gasteiger partial charge in [-0.05, 0) is 44.1 Å².